The summed E-state index contributed by atoms with van der Waals surface area (Å²) in [5, 5.41) is 12.5. The highest BCUT2D eigenvalue weighted by molar-refractivity contribution is 5.32. The van der Waals surface area contributed by atoms with E-state index in [2.05, 4.69) is 72.9 Å². The van der Waals surface area contributed by atoms with Gasteiger partial charge >= 0.3 is 0 Å². The molecule has 0 fully saturated rings. The van der Waals surface area contributed by atoms with Gasteiger partial charge in [0, 0.05) is 25.1 Å². The monoisotopic (exact) mass is 283 g/mol. The quantitative estimate of drug-likeness (QED) is 0.776. The molecule has 0 aromatic heterocycles. The molecule has 0 radical (unpaired) electrons. The van der Waals surface area contributed by atoms with Crippen LogP contribution >= 0.6 is 0 Å². The van der Waals surface area contributed by atoms with Crippen LogP contribution in [0.1, 0.15) is 36.8 Å². The molecule has 2 nitrogen and oxygen atoms in total. The zero-order valence-electron chi connectivity index (χ0n) is 12.7. The zero-order chi connectivity index (χ0) is 14.9. The van der Waals surface area contributed by atoms with Crippen LogP contribution in [-0.2, 0) is 0 Å². The van der Waals surface area contributed by atoms with Gasteiger partial charge in [0.25, 0.3) is 0 Å². The second kappa shape index (κ2) is 8.60. The third-order valence-electron chi connectivity index (χ3n) is 3.87. The molecule has 0 saturated heterocycles. The molecule has 1 unspecified atom stereocenters. The van der Waals surface area contributed by atoms with Crippen molar-refractivity contribution in [2.45, 2.75) is 31.7 Å². The first-order valence-electron chi connectivity index (χ1n) is 7.75. The lowest BCUT2D eigenvalue weighted by Crippen LogP contribution is -2.31. The molecule has 0 amide bonds. The second-order valence-electron chi connectivity index (χ2n) is 5.55. The van der Waals surface area contributed by atoms with Crippen LogP contribution in [0.25, 0.3) is 0 Å². The molecule has 0 saturated carbocycles. The fraction of sp³-hybridized carbons (Fsp3) is 0.368. The van der Waals surface area contributed by atoms with Gasteiger partial charge < -0.3 is 10.4 Å². The van der Waals surface area contributed by atoms with Crippen LogP contribution in [0, 0.1) is 0 Å². The van der Waals surface area contributed by atoms with Crippen LogP contribution < -0.4 is 5.32 Å². The largest absolute Gasteiger partial charge is 0.396 e. The summed E-state index contributed by atoms with van der Waals surface area (Å²) >= 11 is 0. The summed E-state index contributed by atoms with van der Waals surface area (Å²) in [6.07, 6.45) is 1.86. The molecular weight excluding hydrogens is 258 g/mol. The van der Waals surface area contributed by atoms with E-state index in [0.29, 0.717) is 12.0 Å². The van der Waals surface area contributed by atoms with E-state index in [1.165, 1.54) is 11.1 Å². The average molecular weight is 283 g/mol. The lowest BCUT2D eigenvalue weighted by Gasteiger charge is -2.22. The maximum Gasteiger partial charge on any atom is 0.0431 e. The molecule has 2 heteroatoms. The normalized spacial score (nSPS) is 12.5. The van der Waals surface area contributed by atoms with E-state index in [0.717, 1.165) is 19.4 Å². The summed E-state index contributed by atoms with van der Waals surface area (Å²) in [5.41, 5.74) is 2.68. The second-order valence-corrected chi connectivity index (χ2v) is 5.55. The highest BCUT2D eigenvalue weighted by atomic mass is 16.2. The van der Waals surface area contributed by atoms with Gasteiger partial charge in [0.1, 0.15) is 0 Å². The Morgan fingerprint density at radius 2 is 1.43 bits per heavy atom. The van der Waals surface area contributed by atoms with Crippen LogP contribution in [0.15, 0.2) is 60.7 Å². The van der Waals surface area contributed by atoms with Crippen molar-refractivity contribution in [3.8, 4) is 0 Å². The van der Waals surface area contributed by atoms with Crippen LogP contribution in [0.2, 0.25) is 0 Å². The fourth-order valence-electron chi connectivity index (χ4n) is 2.62. The SMILES string of the molecule is CC(CCCO)NCC(c1ccccc1)c1ccccc1. The maximum absolute atomic E-state index is 8.92. The third kappa shape index (κ3) is 5.00. The topological polar surface area (TPSA) is 32.3 Å². The summed E-state index contributed by atoms with van der Waals surface area (Å²) < 4.78 is 0. The minimum atomic E-state index is 0.271. The number of hydrogen-bond donors (Lipinski definition) is 2. The standard InChI is InChI=1S/C19H25NO/c1-16(9-8-14-21)20-15-19(17-10-4-2-5-11-17)18-12-6-3-7-13-18/h2-7,10-13,16,19-21H,8-9,14-15H2,1H3. The van der Waals surface area contributed by atoms with Gasteiger partial charge in [0.05, 0.1) is 0 Å². The molecule has 112 valence electrons. The van der Waals surface area contributed by atoms with Crippen molar-refractivity contribution in [2.75, 3.05) is 13.2 Å². The Balaban J connectivity index is 2.07. The Morgan fingerprint density at radius 3 is 1.90 bits per heavy atom. The van der Waals surface area contributed by atoms with Crippen molar-refractivity contribution < 1.29 is 5.11 Å². The minimum Gasteiger partial charge on any atom is -0.396 e. The summed E-state index contributed by atoms with van der Waals surface area (Å²) in [7, 11) is 0. The van der Waals surface area contributed by atoms with Gasteiger partial charge in [-0.2, -0.15) is 0 Å². The predicted molar refractivity (Wildman–Crippen MR) is 88.5 cm³/mol. The van der Waals surface area contributed by atoms with E-state index in [4.69, 9.17) is 5.11 Å². The Kier molecular flexibility index (Phi) is 6.45. The average Bonchev–Trinajstić information content (AvgIpc) is 2.55. The minimum absolute atomic E-state index is 0.271. The Labute approximate surface area is 127 Å². The molecule has 0 heterocycles. The highest BCUT2D eigenvalue weighted by Gasteiger charge is 2.14. The van der Waals surface area contributed by atoms with Crippen LogP contribution in [0.3, 0.4) is 0 Å². The predicted octanol–water partition coefficient (Wildman–Crippen LogP) is 3.57. The molecule has 0 bridgehead atoms. The molecule has 0 spiro atoms. The van der Waals surface area contributed by atoms with Crippen molar-refractivity contribution in [3.05, 3.63) is 71.8 Å². The van der Waals surface area contributed by atoms with Gasteiger partial charge in [-0.15, -0.1) is 0 Å². The Bertz CT molecular complexity index is 458. The van der Waals surface area contributed by atoms with Crippen molar-refractivity contribution in [1.29, 1.82) is 0 Å². The number of aliphatic hydroxyl groups is 1. The number of rotatable bonds is 8. The summed E-state index contributed by atoms with van der Waals surface area (Å²) in [6.45, 7) is 3.37. The summed E-state index contributed by atoms with van der Waals surface area (Å²) in [6, 6.07) is 21.7. The lowest BCUT2D eigenvalue weighted by atomic mass is 9.91. The van der Waals surface area contributed by atoms with Crippen LogP contribution in [-0.4, -0.2) is 24.3 Å². The molecule has 0 aliphatic heterocycles. The first-order valence-corrected chi connectivity index (χ1v) is 7.75. The fourth-order valence-corrected chi connectivity index (χ4v) is 2.62. The van der Waals surface area contributed by atoms with Gasteiger partial charge in [-0.1, -0.05) is 60.7 Å². The maximum atomic E-state index is 8.92. The van der Waals surface area contributed by atoms with E-state index in [1.54, 1.807) is 0 Å². The van der Waals surface area contributed by atoms with Gasteiger partial charge in [-0.05, 0) is 30.9 Å². The van der Waals surface area contributed by atoms with Gasteiger partial charge in [0.2, 0.25) is 0 Å². The van der Waals surface area contributed by atoms with E-state index < -0.39 is 0 Å². The summed E-state index contributed by atoms with van der Waals surface area (Å²) in [4.78, 5) is 0. The number of aliphatic hydroxyl groups excluding tert-OH is 1. The van der Waals surface area contributed by atoms with Crippen molar-refractivity contribution in [3.63, 3.8) is 0 Å². The number of nitrogens with one attached hydrogen (secondary N) is 1. The molecule has 2 N–H and O–H groups in total. The zero-order valence-corrected chi connectivity index (χ0v) is 12.7. The molecule has 2 rings (SSSR count). The van der Waals surface area contributed by atoms with Gasteiger partial charge in [-0.3, -0.25) is 0 Å². The Hall–Kier alpha value is -1.64. The van der Waals surface area contributed by atoms with Crippen molar-refractivity contribution >= 4 is 0 Å². The molecule has 0 aliphatic rings. The molecule has 2 aromatic rings. The molecule has 1 atom stereocenters. The van der Waals surface area contributed by atoms with E-state index in [9.17, 15) is 0 Å². The van der Waals surface area contributed by atoms with Crippen molar-refractivity contribution in [1.82, 2.24) is 5.32 Å². The first kappa shape index (κ1) is 15.7. The van der Waals surface area contributed by atoms with Gasteiger partial charge in [-0.25, -0.2) is 0 Å². The molecular formula is C19H25NO. The van der Waals surface area contributed by atoms with Crippen LogP contribution in [0.5, 0.6) is 0 Å². The first-order chi connectivity index (χ1) is 10.3. The molecule has 0 aliphatic carbocycles. The summed E-state index contributed by atoms with van der Waals surface area (Å²) in [5.74, 6) is 0.365. The van der Waals surface area contributed by atoms with E-state index in [-0.39, 0.29) is 6.61 Å². The molecule has 2 aromatic carbocycles. The molecule has 21 heavy (non-hydrogen) atoms. The van der Waals surface area contributed by atoms with Crippen molar-refractivity contribution in [2.24, 2.45) is 0 Å². The van der Waals surface area contributed by atoms with Gasteiger partial charge in [0.15, 0.2) is 0 Å². The van der Waals surface area contributed by atoms with E-state index >= 15 is 0 Å². The lowest BCUT2D eigenvalue weighted by molar-refractivity contribution is 0.276. The number of benzene rings is 2. The third-order valence-corrected chi connectivity index (χ3v) is 3.87. The highest BCUT2D eigenvalue weighted by Crippen LogP contribution is 2.23. The Morgan fingerprint density at radius 1 is 0.905 bits per heavy atom. The van der Waals surface area contributed by atoms with E-state index in [1.807, 2.05) is 0 Å². The smallest absolute Gasteiger partial charge is 0.0431 e. The van der Waals surface area contributed by atoms with Crippen LogP contribution in [0.4, 0.5) is 0 Å². The number of hydrogen-bond acceptors (Lipinski definition) is 2.